The number of rotatable bonds is 51. The third-order valence-electron chi connectivity index (χ3n) is 12.1. The summed E-state index contributed by atoms with van der Waals surface area (Å²) >= 11 is 0. The Morgan fingerprint density at radius 3 is 0.942 bits per heavy atom. The van der Waals surface area contributed by atoms with E-state index in [0.29, 0.717) is 19.3 Å². The highest BCUT2D eigenvalue weighted by atomic mass is 16.6. The van der Waals surface area contributed by atoms with Crippen molar-refractivity contribution < 1.29 is 28.6 Å². The van der Waals surface area contributed by atoms with Crippen LogP contribution in [0.4, 0.5) is 0 Å². The molecule has 394 valence electrons. The highest BCUT2D eigenvalue weighted by Gasteiger charge is 2.19. The number of hydrogen-bond acceptors (Lipinski definition) is 6. The van der Waals surface area contributed by atoms with E-state index in [9.17, 15) is 14.4 Å². The van der Waals surface area contributed by atoms with Gasteiger partial charge in [0, 0.05) is 19.3 Å². The van der Waals surface area contributed by atoms with Crippen LogP contribution >= 0.6 is 0 Å². The summed E-state index contributed by atoms with van der Waals surface area (Å²) in [6, 6.07) is 0. The number of hydrogen-bond donors (Lipinski definition) is 0. The largest absolute Gasteiger partial charge is 0.462 e. The molecule has 0 aliphatic rings. The van der Waals surface area contributed by atoms with Gasteiger partial charge in [-0.05, 0) is 103 Å². The topological polar surface area (TPSA) is 78.9 Å². The van der Waals surface area contributed by atoms with Crippen molar-refractivity contribution in [3.8, 4) is 0 Å². The van der Waals surface area contributed by atoms with Gasteiger partial charge in [0.25, 0.3) is 0 Å². The first-order chi connectivity index (χ1) is 34.0. The second kappa shape index (κ2) is 56.9. The van der Waals surface area contributed by atoms with Gasteiger partial charge in [-0.15, -0.1) is 0 Å². The molecule has 0 spiro atoms. The predicted molar refractivity (Wildman–Crippen MR) is 297 cm³/mol. The van der Waals surface area contributed by atoms with Crippen molar-refractivity contribution in [2.45, 2.75) is 271 Å². The highest BCUT2D eigenvalue weighted by molar-refractivity contribution is 5.71. The quantitative estimate of drug-likeness (QED) is 0.0262. The molecule has 0 saturated carbocycles. The fourth-order valence-electron chi connectivity index (χ4n) is 7.77. The third kappa shape index (κ3) is 55.1. The van der Waals surface area contributed by atoms with E-state index in [-0.39, 0.29) is 31.1 Å². The molecule has 0 N–H and O–H groups in total. The van der Waals surface area contributed by atoms with Crippen molar-refractivity contribution in [3.63, 3.8) is 0 Å². The highest BCUT2D eigenvalue weighted by Crippen LogP contribution is 2.15. The van der Waals surface area contributed by atoms with Crippen molar-refractivity contribution in [2.75, 3.05) is 13.2 Å². The number of allylic oxidation sites excluding steroid dienone is 16. The zero-order chi connectivity index (χ0) is 50.0. The van der Waals surface area contributed by atoms with E-state index >= 15 is 0 Å². The van der Waals surface area contributed by atoms with E-state index in [1.807, 2.05) is 0 Å². The number of ether oxygens (including phenoxy) is 3. The van der Waals surface area contributed by atoms with E-state index < -0.39 is 6.10 Å². The average molecular weight is 960 g/mol. The van der Waals surface area contributed by atoms with Gasteiger partial charge >= 0.3 is 17.9 Å². The Morgan fingerprint density at radius 2 is 0.565 bits per heavy atom. The average Bonchev–Trinajstić information content (AvgIpc) is 3.35. The predicted octanol–water partition coefficient (Wildman–Crippen LogP) is 19.3. The van der Waals surface area contributed by atoms with Gasteiger partial charge in [0.2, 0.25) is 0 Å². The van der Waals surface area contributed by atoms with Gasteiger partial charge in [0.05, 0.1) is 0 Å². The summed E-state index contributed by atoms with van der Waals surface area (Å²) in [6.07, 6.45) is 75.4. The van der Waals surface area contributed by atoms with Gasteiger partial charge in [-0.25, -0.2) is 0 Å². The minimum Gasteiger partial charge on any atom is -0.462 e. The number of unbranched alkanes of at least 4 members (excludes halogenated alkanes) is 24. The molecule has 0 heterocycles. The molecule has 0 amide bonds. The Balaban J connectivity index is 4.49. The molecule has 6 nitrogen and oxygen atoms in total. The maximum absolute atomic E-state index is 12.9. The zero-order valence-electron chi connectivity index (χ0n) is 45.0. The van der Waals surface area contributed by atoms with Crippen LogP contribution in [0.2, 0.25) is 0 Å². The molecule has 0 aliphatic carbocycles. The lowest BCUT2D eigenvalue weighted by atomic mass is 10.0. The SMILES string of the molecule is CC/C=C\C/C=C\C/C=C\C/C=C\C/C=C\CCCCCC(=O)OC[C@@H](COC(=O)CCCC/C=C\C/C=C\C/C=C\CCCCC)OC(=O)CCCCCCCCCCCCCCCCCCC. The smallest absolute Gasteiger partial charge is 0.306 e. The van der Waals surface area contributed by atoms with E-state index in [4.69, 9.17) is 14.2 Å². The summed E-state index contributed by atoms with van der Waals surface area (Å²) in [6.45, 7) is 6.45. The fourth-order valence-corrected chi connectivity index (χ4v) is 7.77. The van der Waals surface area contributed by atoms with Gasteiger partial charge in [-0.3, -0.25) is 14.4 Å². The van der Waals surface area contributed by atoms with Crippen molar-refractivity contribution in [3.05, 3.63) is 97.2 Å². The minimum absolute atomic E-state index is 0.106. The van der Waals surface area contributed by atoms with Gasteiger partial charge in [-0.2, -0.15) is 0 Å². The standard InChI is InChI=1S/C63H106O6/c1-4-7-10-13-16-19-22-25-28-30-31-33-35-38-41-44-47-50-53-56-62(65)68-59-60(58-67-61(64)55-52-49-46-43-40-37-34-27-24-21-18-15-12-9-6-3)69-63(66)57-54-51-48-45-42-39-36-32-29-26-23-20-17-14-11-8-5-2/h7,10,16,18-19,21,25,27-28,31,33-34,38,40-41,43,60H,4-6,8-9,11-15,17,20,22-24,26,29-30,32,35-37,39,42,44-59H2,1-3H3/b10-7-,19-16-,21-18-,28-25-,33-31-,34-27-,41-38-,43-40-/t60-/m1/s1. The first kappa shape index (κ1) is 65.3. The summed E-state index contributed by atoms with van der Waals surface area (Å²) < 4.78 is 16.8. The molecule has 0 aromatic rings. The van der Waals surface area contributed by atoms with Gasteiger partial charge in [0.1, 0.15) is 13.2 Å². The molecule has 0 bridgehead atoms. The van der Waals surface area contributed by atoms with Crippen molar-refractivity contribution in [1.29, 1.82) is 0 Å². The van der Waals surface area contributed by atoms with Gasteiger partial charge < -0.3 is 14.2 Å². The molecule has 0 unspecified atom stereocenters. The van der Waals surface area contributed by atoms with Crippen LogP contribution in [-0.4, -0.2) is 37.2 Å². The first-order valence-corrected chi connectivity index (χ1v) is 28.7. The Kier molecular flexibility index (Phi) is 53.9. The molecule has 0 fully saturated rings. The third-order valence-corrected chi connectivity index (χ3v) is 12.1. The van der Waals surface area contributed by atoms with Crippen molar-refractivity contribution in [2.24, 2.45) is 0 Å². The van der Waals surface area contributed by atoms with E-state index in [0.717, 1.165) is 109 Å². The second-order valence-electron chi connectivity index (χ2n) is 18.8. The Hall–Kier alpha value is -3.67. The maximum atomic E-state index is 12.9. The molecule has 1 atom stereocenters. The molecule has 0 saturated heterocycles. The lowest BCUT2D eigenvalue weighted by Gasteiger charge is -2.18. The van der Waals surface area contributed by atoms with Crippen molar-refractivity contribution in [1.82, 2.24) is 0 Å². The van der Waals surface area contributed by atoms with Gasteiger partial charge in [0.15, 0.2) is 6.10 Å². The molecule has 0 aromatic heterocycles. The van der Waals surface area contributed by atoms with Crippen LogP contribution in [0, 0.1) is 0 Å². The summed E-state index contributed by atoms with van der Waals surface area (Å²) in [5.41, 5.74) is 0. The number of carbonyl (C=O) groups is 3. The molecule has 6 heteroatoms. The Labute approximate surface area is 426 Å². The van der Waals surface area contributed by atoms with Crippen LogP contribution in [0.3, 0.4) is 0 Å². The molecule has 0 aliphatic heterocycles. The van der Waals surface area contributed by atoms with Crippen LogP contribution < -0.4 is 0 Å². The van der Waals surface area contributed by atoms with Crippen LogP contribution in [-0.2, 0) is 28.6 Å². The van der Waals surface area contributed by atoms with Crippen LogP contribution in [0.5, 0.6) is 0 Å². The Morgan fingerprint density at radius 1 is 0.304 bits per heavy atom. The molecule has 0 rings (SSSR count). The Bertz CT molecular complexity index is 1380. The second-order valence-corrected chi connectivity index (χ2v) is 18.8. The maximum Gasteiger partial charge on any atom is 0.306 e. The zero-order valence-corrected chi connectivity index (χ0v) is 45.0. The number of carbonyl (C=O) groups excluding carboxylic acids is 3. The normalized spacial score (nSPS) is 12.8. The monoisotopic (exact) mass is 959 g/mol. The minimum atomic E-state index is -0.806. The van der Waals surface area contributed by atoms with Crippen LogP contribution in [0.1, 0.15) is 265 Å². The van der Waals surface area contributed by atoms with Crippen LogP contribution in [0.25, 0.3) is 0 Å². The van der Waals surface area contributed by atoms with Gasteiger partial charge in [-0.1, -0.05) is 240 Å². The summed E-state index contributed by atoms with van der Waals surface area (Å²) in [5, 5.41) is 0. The summed E-state index contributed by atoms with van der Waals surface area (Å²) in [4.78, 5) is 38.1. The fraction of sp³-hybridized carbons (Fsp3) is 0.698. The first-order valence-electron chi connectivity index (χ1n) is 28.7. The van der Waals surface area contributed by atoms with Crippen LogP contribution in [0.15, 0.2) is 97.2 Å². The summed E-state index contributed by atoms with van der Waals surface area (Å²) in [7, 11) is 0. The molecular weight excluding hydrogens is 853 g/mol. The van der Waals surface area contributed by atoms with E-state index in [2.05, 4.69) is 118 Å². The molecule has 0 aromatic carbocycles. The lowest BCUT2D eigenvalue weighted by Crippen LogP contribution is -2.30. The lowest BCUT2D eigenvalue weighted by molar-refractivity contribution is -0.167. The van der Waals surface area contributed by atoms with Crippen molar-refractivity contribution >= 4 is 17.9 Å². The van der Waals surface area contributed by atoms with E-state index in [1.165, 1.54) is 116 Å². The molecule has 69 heavy (non-hydrogen) atoms. The van der Waals surface area contributed by atoms with E-state index in [1.54, 1.807) is 0 Å². The summed E-state index contributed by atoms with van der Waals surface area (Å²) in [5.74, 6) is -0.968. The molecule has 0 radical (unpaired) electrons. The molecular formula is C63H106O6. The number of esters is 3.